The molecule has 36 heavy (non-hydrogen) atoms. The van der Waals surface area contributed by atoms with E-state index in [4.69, 9.17) is 21.7 Å². The maximum atomic E-state index is 13.5. The molecular weight excluding hydrogens is 478 g/mol. The molecule has 1 aliphatic heterocycles. The third-order valence-corrected chi connectivity index (χ3v) is 6.45. The molecule has 1 fully saturated rings. The Hall–Kier alpha value is -4.50. The van der Waals surface area contributed by atoms with Gasteiger partial charge in [-0.2, -0.15) is 0 Å². The quantitative estimate of drug-likeness (QED) is 0.239. The number of amides is 2. The average Bonchev–Trinajstić information content (AvgIpc) is 3.44. The van der Waals surface area contributed by atoms with Gasteiger partial charge in [0.05, 0.1) is 12.2 Å². The van der Waals surface area contributed by atoms with Crippen LogP contribution in [0.2, 0.25) is 0 Å². The summed E-state index contributed by atoms with van der Waals surface area (Å²) in [7, 11) is 0. The van der Waals surface area contributed by atoms with Gasteiger partial charge in [-0.05, 0) is 73.6 Å². The number of fused-ring (bicyclic) bond motifs is 1. The second-order valence-electron chi connectivity index (χ2n) is 8.53. The Kier molecular flexibility index (Phi) is 5.77. The van der Waals surface area contributed by atoms with Crippen molar-refractivity contribution in [2.75, 3.05) is 4.90 Å². The molecule has 0 bridgehead atoms. The molecule has 1 aliphatic rings. The molecule has 2 amide bonds. The number of nitrogens with one attached hydrogen (secondary N) is 1. The van der Waals surface area contributed by atoms with E-state index < -0.39 is 17.8 Å². The molecule has 5 rings (SSSR count). The molecule has 0 aliphatic carbocycles. The van der Waals surface area contributed by atoms with E-state index in [0.29, 0.717) is 17.0 Å². The van der Waals surface area contributed by atoms with Gasteiger partial charge in [0.15, 0.2) is 5.11 Å². The van der Waals surface area contributed by atoms with Crippen molar-refractivity contribution in [3.8, 4) is 0 Å². The number of furan rings is 1. The fourth-order valence-electron chi connectivity index (χ4n) is 4.18. The van der Waals surface area contributed by atoms with Gasteiger partial charge >= 0.3 is 5.97 Å². The maximum absolute atomic E-state index is 13.5. The number of hydrogen-bond donors (Lipinski definition) is 2. The lowest BCUT2D eigenvalue weighted by Crippen LogP contribution is -2.54. The van der Waals surface area contributed by atoms with Crippen LogP contribution < -0.4 is 10.2 Å². The summed E-state index contributed by atoms with van der Waals surface area (Å²) in [5.74, 6) is -1.90. The number of carbonyl (C=O) groups is 3. The number of hydrogen-bond acceptors (Lipinski definition) is 5. The summed E-state index contributed by atoms with van der Waals surface area (Å²) in [5, 5.41) is 12.6. The standard InChI is InChI=1S/C27H21N3O5S/c1-15-7-8-18(11-16(15)2)30-25(32)21(24(31)28-27(30)36)12-17-13-29(22-6-4-3-5-20(17)22)14-19-9-10-23(35-19)26(33)34/h3-13H,14H2,1-2H3,(H,33,34)(H,28,31,36)/b21-12+. The van der Waals surface area contributed by atoms with Crippen molar-refractivity contribution >= 4 is 57.8 Å². The summed E-state index contributed by atoms with van der Waals surface area (Å²) in [5.41, 5.74) is 4.10. The average molecular weight is 500 g/mol. The number of nitrogens with zero attached hydrogens (tertiary/aromatic N) is 2. The van der Waals surface area contributed by atoms with Crippen molar-refractivity contribution in [1.29, 1.82) is 0 Å². The fraction of sp³-hybridized carbons (Fsp3) is 0.111. The van der Waals surface area contributed by atoms with Gasteiger partial charge in [0.25, 0.3) is 11.8 Å². The van der Waals surface area contributed by atoms with Crippen molar-refractivity contribution in [2.45, 2.75) is 20.4 Å². The fourth-order valence-corrected chi connectivity index (χ4v) is 4.46. The second-order valence-corrected chi connectivity index (χ2v) is 8.91. The number of aromatic nitrogens is 1. The molecule has 180 valence electrons. The monoisotopic (exact) mass is 499 g/mol. The summed E-state index contributed by atoms with van der Waals surface area (Å²) in [6.07, 6.45) is 3.35. The number of aromatic carboxylic acids is 1. The van der Waals surface area contributed by atoms with Crippen LogP contribution >= 0.6 is 12.2 Å². The van der Waals surface area contributed by atoms with E-state index in [1.807, 2.05) is 54.8 Å². The predicted octanol–water partition coefficient (Wildman–Crippen LogP) is 4.43. The van der Waals surface area contributed by atoms with E-state index in [-0.39, 0.29) is 23.0 Å². The Morgan fingerprint density at radius 2 is 1.86 bits per heavy atom. The molecule has 2 N–H and O–H groups in total. The number of rotatable bonds is 5. The highest BCUT2D eigenvalue weighted by atomic mass is 32.1. The van der Waals surface area contributed by atoms with Crippen molar-refractivity contribution in [1.82, 2.24) is 9.88 Å². The predicted molar refractivity (Wildman–Crippen MR) is 139 cm³/mol. The number of carboxylic acids is 1. The van der Waals surface area contributed by atoms with Gasteiger partial charge in [0, 0.05) is 22.7 Å². The number of carbonyl (C=O) groups excluding carboxylic acids is 2. The number of benzene rings is 2. The van der Waals surface area contributed by atoms with Gasteiger partial charge < -0.3 is 14.1 Å². The van der Waals surface area contributed by atoms with E-state index in [2.05, 4.69) is 5.32 Å². The highest BCUT2D eigenvalue weighted by molar-refractivity contribution is 7.80. The molecule has 3 heterocycles. The first-order valence-corrected chi connectivity index (χ1v) is 11.5. The molecule has 2 aromatic heterocycles. The molecule has 9 heteroatoms. The SMILES string of the molecule is Cc1ccc(N2C(=O)/C(=C/c3cn(Cc4ccc(C(=O)O)o4)c4ccccc34)C(=O)NC2=S)cc1C. The van der Waals surface area contributed by atoms with Crippen molar-refractivity contribution < 1.29 is 23.9 Å². The molecule has 0 radical (unpaired) electrons. The van der Waals surface area contributed by atoms with Crippen LogP contribution in [0.5, 0.6) is 0 Å². The van der Waals surface area contributed by atoms with Crippen LogP contribution in [-0.2, 0) is 16.1 Å². The lowest BCUT2D eigenvalue weighted by atomic mass is 10.0. The Bertz CT molecular complexity index is 1610. The third-order valence-electron chi connectivity index (χ3n) is 6.17. The Morgan fingerprint density at radius 1 is 1.08 bits per heavy atom. The number of para-hydroxylation sites is 1. The van der Waals surface area contributed by atoms with Crippen molar-refractivity contribution in [3.05, 3.63) is 94.6 Å². The number of aryl methyl sites for hydroxylation is 2. The largest absolute Gasteiger partial charge is 0.475 e. The van der Waals surface area contributed by atoms with E-state index >= 15 is 0 Å². The summed E-state index contributed by atoms with van der Waals surface area (Å²) in [6, 6.07) is 16.1. The molecule has 4 aromatic rings. The minimum absolute atomic E-state index is 0.0277. The third kappa shape index (κ3) is 4.09. The van der Waals surface area contributed by atoms with E-state index in [0.717, 1.165) is 22.0 Å². The minimum atomic E-state index is -1.14. The van der Waals surface area contributed by atoms with Gasteiger partial charge in [-0.25, -0.2) is 4.79 Å². The topological polar surface area (TPSA) is 105 Å². The van der Waals surface area contributed by atoms with Gasteiger partial charge in [0.2, 0.25) is 5.76 Å². The van der Waals surface area contributed by atoms with Crippen LogP contribution in [0.4, 0.5) is 5.69 Å². The Balaban J connectivity index is 1.55. The van der Waals surface area contributed by atoms with Gasteiger partial charge in [-0.3, -0.25) is 19.8 Å². The van der Waals surface area contributed by atoms with Crippen LogP contribution in [0.15, 0.2) is 70.8 Å². The molecule has 8 nitrogen and oxygen atoms in total. The van der Waals surface area contributed by atoms with Crippen LogP contribution in [0.3, 0.4) is 0 Å². The number of anilines is 1. The highest BCUT2D eigenvalue weighted by Gasteiger charge is 2.34. The van der Waals surface area contributed by atoms with Gasteiger partial charge in [0.1, 0.15) is 11.3 Å². The molecule has 0 unspecified atom stereocenters. The van der Waals surface area contributed by atoms with E-state index in [9.17, 15) is 14.4 Å². The molecule has 0 saturated carbocycles. The normalized spacial score (nSPS) is 15.1. The Labute approximate surface area is 211 Å². The summed E-state index contributed by atoms with van der Waals surface area (Å²) >= 11 is 5.32. The number of thiocarbonyl (C=S) groups is 1. The van der Waals surface area contributed by atoms with Crippen LogP contribution in [0.1, 0.15) is 33.0 Å². The first kappa shape index (κ1) is 23.3. The zero-order valence-corrected chi connectivity index (χ0v) is 20.3. The minimum Gasteiger partial charge on any atom is -0.475 e. The van der Waals surface area contributed by atoms with Crippen molar-refractivity contribution in [2.24, 2.45) is 0 Å². The molecule has 1 saturated heterocycles. The first-order valence-electron chi connectivity index (χ1n) is 11.1. The molecule has 2 aromatic carbocycles. The first-order chi connectivity index (χ1) is 17.2. The maximum Gasteiger partial charge on any atom is 0.371 e. The summed E-state index contributed by atoms with van der Waals surface area (Å²) in [6.45, 7) is 4.19. The van der Waals surface area contributed by atoms with Crippen LogP contribution in [0.25, 0.3) is 17.0 Å². The second kappa shape index (κ2) is 8.94. The lowest BCUT2D eigenvalue weighted by Gasteiger charge is -2.29. The van der Waals surface area contributed by atoms with Crippen molar-refractivity contribution in [3.63, 3.8) is 0 Å². The highest BCUT2D eigenvalue weighted by Crippen LogP contribution is 2.28. The Morgan fingerprint density at radius 3 is 2.58 bits per heavy atom. The molecular formula is C27H21N3O5S. The molecule has 0 atom stereocenters. The van der Waals surface area contributed by atoms with Gasteiger partial charge in [-0.15, -0.1) is 0 Å². The summed E-state index contributed by atoms with van der Waals surface area (Å²) in [4.78, 5) is 38.8. The van der Waals surface area contributed by atoms with Crippen LogP contribution in [-0.4, -0.2) is 32.6 Å². The smallest absolute Gasteiger partial charge is 0.371 e. The number of carboxylic acid groups (broad SMARTS) is 1. The zero-order chi connectivity index (χ0) is 25.6. The zero-order valence-electron chi connectivity index (χ0n) is 19.4. The van der Waals surface area contributed by atoms with Crippen LogP contribution in [0, 0.1) is 13.8 Å². The van der Waals surface area contributed by atoms with E-state index in [1.54, 1.807) is 24.4 Å². The molecule has 0 spiro atoms. The van der Waals surface area contributed by atoms with Gasteiger partial charge in [-0.1, -0.05) is 24.3 Å². The van der Waals surface area contributed by atoms with E-state index in [1.165, 1.54) is 11.0 Å². The summed E-state index contributed by atoms with van der Waals surface area (Å²) < 4.78 is 7.29. The lowest BCUT2D eigenvalue weighted by molar-refractivity contribution is -0.122.